The number of benzene rings is 5. The van der Waals surface area contributed by atoms with Crippen LogP contribution >= 0.6 is 23.5 Å². The molecule has 2 aliphatic rings. The van der Waals surface area contributed by atoms with Gasteiger partial charge >= 0.3 is 11.9 Å². The van der Waals surface area contributed by atoms with E-state index in [1.54, 1.807) is 24.3 Å². The number of hydrogen-bond donors (Lipinski definition) is 2. The molecule has 6 unspecified atom stereocenters. The summed E-state index contributed by atoms with van der Waals surface area (Å²) in [5.74, 6) is -0.518. The number of nitrogens with one attached hydrogen (secondary N) is 1. The van der Waals surface area contributed by atoms with Gasteiger partial charge in [0, 0.05) is 21.9 Å². The second kappa shape index (κ2) is 21.0. The predicted molar refractivity (Wildman–Crippen MR) is 232 cm³/mol. The first kappa shape index (κ1) is 43.2. The molecule has 0 saturated heterocycles. The molecule has 3 N–H and O–H groups in total. The molecule has 7 rings (SSSR count). The van der Waals surface area contributed by atoms with Crippen LogP contribution in [0.1, 0.15) is 49.3 Å². The Morgan fingerprint density at radius 3 is 1.59 bits per heavy atom. The first-order valence-corrected chi connectivity index (χ1v) is 23.0. The molecule has 58 heavy (non-hydrogen) atoms. The summed E-state index contributed by atoms with van der Waals surface area (Å²) in [5, 5.41) is 0. The van der Waals surface area contributed by atoms with E-state index in [-0.39, 0.29) is 63.8 Å². The van der Waals surface area contributed by atoms with Crippen LogP contribution in [-0.4, -0.2) is 37.0 Å². The molecule has 5 aromatic carbocycles. The van der Waals surface area contributed by atoms with E-state index in [9.17, 15) is 18.0 Å². The molecule has 0 aliphatic heterocycles. The Balaban J connectivity index is 0.000000198. The molecule has 0 radical (unpaired) electrons. The number of thioether (sulfide) groups is 2. The monoisotopic (exact) mass is 836 g/mol. The number of carbonyl (C=O) groups is 2. The Kier molecular flexibility index (Phi) is 15.7. The Morgan fingerprint density at radius 1 is 0.655 bits per heavy atom. The minimum Gasteiger partial charge on any atom is -0.461 e. The molecule has 304 valence electrons. The standard InChI is InChI=1S/C26H27NO2S2.C21H25NO4S/c27-24-17-20(25(28)29-18-19-10-4-1-5-11-19)16-23(24)26(30-21-12-6-2-7-13-21)31-22-14-8-3-9-15-22;1-15-8-10-19(11-9-15)27(24,25)22-20-13-18(12-16(20)2)21(23)26-14-17-6-4-3-5-7-17/h1-15,20,23-24,26H,16-18,27H2;3-11,16,18,20,22H,12-14H2,1-2H3. The Hall–Kier alpha value is -4.39. The molecule has 2 saturated carbocycles. The van der Waals surface area contributed by atoms with Crippen molar-refractivity contribution in [3.63, 3.8) is 0 Å². The fraction of sp³-hybridized carbons (Fsp3) is 0.319. The minimum absolute atomic E-state index is 0.0216. The Bertz CT molecular complexity index is 2100. The maximum absolute atomic E-state index is 12.8. The van der Waals surface area contributed by atoms with Gasteiger partial charge in [-0.15, -0.1) is 23.5 Å². The van der Waals surface area contributed by atoms with E-state index >= 15 is 0 Å². The summed E-state index contributed by atoms with van der Waals surface area (Å²) in [5.41, 5.74) is 9.54. The lowest BCUT2D eigenvalue weighted by molar-refractivity contribution is -0.150. The van der Waals surface area contributed by atoms with E-state index in [0.717, 1.165) is 23.1 Å². The molecule has 8 nitrogen and oxygen atoms in total. The summed E-state index contributed by atoms with van der Waals surface area (Å²) in [6, 6.07) is 46.6. The molecule has 11 heteroatoms. The first-order valence-electron chi connectivity index (χ1n) is 19.7. The zero-order valence-electron chi connectivity index (χ0n) is 32.9. The highest BCUT2D eigenvalue weighted by Crippen LogP contribution is 2.47. The fourth-order valence-electron chi connectivity index (χ4n) is 7.36. The summed E-state index contributed by atoms with van der Waals surface area (Å²) in [6.07, 6.45) is 2.52. The van der Waals surface area contributed by atoms with Gasteiger partial charge in [0.2, 0.25) is 10.0 Å². The molecule has 0 heterocycles. The van der Waals surface area contributed by atoms with E-state index in [0.29, 0.717) is 25.9 Å². The maximum Gasteiger partial charge on any atom is 0.309 e. The van der Waals surface area contributed by atoms with E-state index in [1.807, 2.05) is 110 Å². The molecule has 6 atom stereocenters. The quantitative estimate of drug-likeness (QED) is 0.0640. The van der Waals surface area contributed by atoms with Crippen LogP contribution in [0, 0.1) is 30.6 Å². The van der Waals surface area contributed by atoms with Crippen molar-refractivity contribution < 1.29 is 27.5 Å². The van der Waals surface area contributed by atoms with Crippen LogP contribution in [0.4, 0.5) is 0 Å². The number of hydrogen-bond acceptors (Lipinski definition) is 9. The van der Waals surface area contributed by atoms with Crippen molar-refractivity contribution in [2.24, 2.45) is 29.4 Å². The summed E-state index contributed by atoms with van der Waals surface area (Å²) in [6.45, 7) is 4.43. The minimum atomic E-state index is -3.60. The van der Waals surface area contributed by atoms with Gasteiger partial charge in [-0.3, -0.25) is 9.59 Å². The summed E-state index contributed by atoms with van der Waals surface area (Å²) < 4.78 is 39.2. The lowest BCUT2D eigenvalue weighted by Crippen LogP contribution is -2.36. The number of rotatable bonds is 14. The van der Waals surface area contributed by atoms with Gasteiger partial charge in [-0.25, -0.2) is 13.1 Å². The van der Waals surface area contributed by atoms with Crippen LogP contribution < -0.4 is 10.5 Å². The van der Waals surface area contributed by atoms with Gasteiger partial charge in [0.15, 0.2) is 0 Å². The average molecular weight is 837 g/mol. The third-order valence-electron chi connectivity index (χ3n) is 10.6. The van der Waals surface area contributed by atoms with Crippen LogP contribution in [0.5, 0.6) is 0 Å². The number of carbonyl (C=O) groups excluding carboxylic acids is 2. The van der Waals surface area contributed by atoms with Gasteiger partial charge in [-0.1, -0.05) is 122 Å². The van der Waals surface area contributed by atoms with Gasteiger partial charge < -0.3 is 15.2 Å². The molecular weight excluding hydrogens is 785 g/mol. The van der Waals surface area contributed by atoms with Gasteiger partial charge in [0.1, 0.15) is 13.2 Å². The van der Waals surface area contributed by atoms with Crippen LogP contribution in [0.3, 0.4) is 0 Å². The second-order valence-electron chi connectivity index (χ2n) is 15.1. The van der Waals surface area contributed by atoms with Gasteiger partial charge in [0.25, 0.3) is 0 Å². The fourth-order valence-corrected chi connectivity index (χ4v) is 11.7. The molecule has 0 amide bonds. The van der Waals surface area contributed by atoms with Crippen LogP contribution in [0.2, 0.25) is 0 Å². The molecule has 2 fully saturated rings. The van der Waals surface area contributed by atoms with Crippen molar-refractivity contribution in [3.8, 4) is 0 Å². The van der Waals surface area contributed by atoms with E-state index in [1.165, 1.54) is 9.79 Å². The van der Waals surface area contributed by atoms with Crippen LogP contribution in [0.25, 0.3) is 0 Å². The highest BCUT2D eigenvalue weighted by atomic mass is 32.2. The summed E-state index contributed by atoms with van der Waals surface area (Å²) in [4.78, 5) is 27.8. The normalized spacial score (nSPS) is 21.5. The lowest BCUT2D eigenvalue weighted by atomic mass is 10.1. The van der Waals surface area contributed by atoms with E-state index < -0.39 is 10.0 Å². The molecule has 2 aliphatic carbocycles. The van der Waals surface area contributed by atoms with Crippen molar-refractivity contribution in [1.82, 2.24) is 4.72 Å². The number of ether oxygens (including phenoxy) is 2. The smallest absolute Gasteiger partial charge is 0.309 e. The summed E-state index contributed by atoms with van der Waals surface area (Å²) in [7, 11) is -3.60. The average Bonchev–Trinajstić information content (AvgIpc) is 3.82. The number of sulfonamides is 1. The predicted octanol–water partition coefficient (Wildman–Crippen LogP) is 9.43. The third-order valence-corrected chi connectivity index (χ3v) is 15.0. The van der Waals surface area contributed by atoms with Gasteiger partial charge in [-0.2, -0.15) is 0 Å². The Labute approximate surface area is 351 Å². The SMILES string of the molecule is Cc1ccc(S(=O)(=O)NC2CC(C(=O)OCc3ccccc3)CC2C)cc1.NC1CC(C(=O)OCc2ccccc2)CC1C(Sc1ccccc1)Sc1ccccc1. The third kappa shape index (κ3) is 12.6. The molecule has 5 aromatic rings. The second-order valence-corrected chi connectivity index (χ2v) is 19.5. The first-order chi connectivity index (χ1) is 28.0. The zero-order valence-corrected chi connectivity index (χ0v) is 35.3. The lowest BCUT2D eigenvalue weighted by Gasteiger charge is -2.26. The maximum atomic E-state index is 12.8. The van der Waals surface area contributed by atoms with Crippen molar-refractivity contribution in [2.45, 2.75) is 84.1 Å². The van der Waals surface area contributed by atoms with Crippen molar-refractivity contribution >= 4 is 45.5 Å². The van der Waals surface area contributed by atoms with Crippen molar-refractivity contribution in [2.75, 3.05) is 0 Å². The van der Waals surface area contributed by atoms with Crippen LogP contribution in [-0.2, 0) is 42.3 Å². The van der Waals surface area contributed by atoms with Crippen LogP contribution in [0.15, 0.2) is 160 Å². The van der Waals surface area contributed by atoms with E-state index in [2.05, 4.69) is 53.3 Å². The largest absolute Gasteiger partial charge is 0.461 e. The number of esters is 2. The Morgan fingerprint density at radius 2 is 1.10 bits per heavy atom. The molecule has 0 spiro atoms. The number of aryl methyl sites for hydroxylation is 1. The van der Waals surface area contributed by atoms with Gasteiger partial charge in [-0.05, 0) is 92.0 Å². The zero-order chi connectivity index (χ0) is 40.9. The topological polar surface area (TPSA) is 125 Å². The van der Waals surface area contributed by atoms with Gasteiger partial charge in [0.05, 0.1) is 21.3 Å². The highest BCUT2D eigenvalue weighted by molar-refractivity contribution is 8.17. The van der Waals surface area contributed by atoms with Crippen molar-refractivity contribution in [3.05, 3.63) is 162 Å². The summed E-state index contributed by atoms with van der Waals surface area (Å²) >= 11 is 3.68. The van der Waals surface area contributed by atoms with Crippen molar-refractivity contribution in [1.29, 1.82) is 0 Å². The molecule has 0 bridgehead atoms. The number of nitrogens with two attached hydrogens (primary N) is 1. The van der Waals surface area contributed by atoms with E-state index in [4.69, 9.17) is 15.2 Å². The molecular formula is C47H52N2O6S3. The molecule has 0 aromatic heterocycles. The highest BCUT2D eigenvalue weighted by Gasteiger charge is 2.42.